The van der Waals surface area contributed by atoms with Crippen LogP contribution in [-0.4, -0.2) is 25.2 Å². The van der Waals surface area contributed by atoms with Crippen molar-refractivity contribution in [3.8, 4) is 5.75 Å². The summed E-state index contributed by atoms with van der Waals surface area (Å²) in [6.45, 7) is 4.44. The standard InChI is InChI=1S/C21H27NO3/c1-16(17(2)22)21(23)25-14-6-13-24-20-11-9-19(10-12-20)15-18-7-4-3-5-8-18/h3-5,7-12,16-17H,6,13-15,22H2,1-2H3. The predicted molar refractivity (Wildman–Crippen MR) is 99.6 cm³/mol. The lowest BCUT2D eigenvalue weighted by Gasteiger charge is -2.14. The van der Waals surface area contributed by atoms with Crippen LogP contribution in [0.4, 0.5) is 0 Å². The summed E-state index contributed by atoms with van der Waals surface area (Å²) in [5, 5.41) is 0. The van der Waals surface area contributed by atoms with Gasteiger partial charge in [0.25, 0.3) is 0 Å². The Morgan fingerprint density at radius 3 is 2.24 bits per heavy atom. The van der Waals surface area contributed by atoms with E-state index in [1.165, 1.54) is 11.1 Å². The van der Waals surface area contributed by atoms with Crippen LogP contribution in [0.2, 0.25) is 0 Å². The summed E-state index contributed by atoms with van der Waals surface area (Å²) in [5.41, 5.74) is 8.22. The number of rotatable bonds is 9. The third kappa shape index (κ3) is 6.59. The number of esters is 1. The fourth-order valence-corrected chi connectivity index (χ4v) is 2.30. The van der Waals surface area contributed by atoms with Gasteiger partial charge in [-0.25, -0.2) is 0 Å². The molecule has 2 atom stereocenters. The van der Waals surface area contributed by atoms with Gasteiger partial charge in [-0.05, 0) is 36.6 Å². The molecule has 0 radical (unpaired) electrons. The van der Waals surface area contributed by atoms with Crippen molar-refractivity contribution in [1.29, 1.82) is 0 Å². The second-order valence-corrected chi connectivity index (χ2v) is 6.32. The molecule has 0 aliphatic rings. The third-order valence-corrected chi connectivity index (χ3v) is 4.14. The van der Waals surface area contributed by atoms with Crippen LogP contribution in [0.25, 0.3) is 0 Å². The molecule has 2 unspecified atom stereocenters. The van der Waals surface area contributed by atoms with Gasteiger partial charge in [0.15, 0.2) is 0 Å². The van der Waals surface area contributed by atoms with Crippen LogP contribution >= 0.6 is 0 Å². The molecule has 2 N–H and O–H groups in total. The summed E-state index contributed by atoms with van der Waals surface area (Å²) < 4.78 is 10.9. The molecule has 25 heavy (non-hydrogen) atoms. The monoisotopic (exact) mass is 341 g/mol. The van der Waals surface area contributed by atoms with Gasteiger partial charge < -0.3 is 15.2 Å². The highest BCUT2D eigenvalue weighted by Crippen LogP contribution is 2.15. The summed E-state index contributed by atoms with van der Waals surface area (Å²) in [6.07, 6.45) is 1.57. The van der Waals surface area contributed by atoms with E-state index in [1.807, 2.05) is 18.2 Å². The number of hydrogen-bond acceptors (Lipinski definition) is 4. The van der Waals surface area contributed by atoms with Gasteiger partial charge in [-0.1, -0.05) is 49.4 Å². The number of nitrogens with two attached hydrogens (primary N) is 1. The van der Waals surface area contributed by atoms with Gasteiger partial charge in [0.05, 0.1) is 19.1 Å². The normalized spacial score (nSPS) is 13.1. The molecule has 2 rings (SSSR count). The molecule has 0 bridgehead atoms. The Morgan fingerprint density at radius 1 is 0.960 bits per heavy atom. The van der Waals surface area contributed by atoms with E-state index in [9.17, 15) is 4.79 Å². The van der Waals surface area contributed by atoms with E-state index in [1.54, 1.807) is 13.8 Å². The number of benzene rings is 2. The Kier molecular flexibility index (Phi) is 7.48. The summed E-state index contributed by atoms with van der Waals surface area (Å²) in [6, 6.07) is 18.3. The number of hydrogen-bond donors (Lipinski definition) is 1. The van der Waals surface area contributed by atoms with Gasteiger partial charge in [0.1, 0.15) is 5.75 Å². The number of carbonyl (C=O) groups is 1. The first kappa shape index (κ1) is 19.0. The topological polar surface area (TPSA) is 61.6 Å². The minimum absolute atomic E-state index is 0.196. The van der Waals surface area contributed by atoms with Crippen molar-refractivity contribution in [2.24, 2.45) is 11.7 Å². The molecule has 0 saturated heterocycles. The number of ether oxygens (including phenoxy) is 2. The Bertz CT molecular complexity index is 638. The van der Waals surface area contributed by atoms with Crippen molar-refractivity contribution in [2.75, 3.05) is 13.2 Å². The molecule has 2 aromatic rings. The summed E-state index contributed by atoms with van der Waals surface area (Å²) in [7, 11) is 0. The van der Waals surface area contributed by atoms with Crippen LogP contribution in [0.15, 0.2) is 54.6 Å². The molecule has 4 heteroatoms. The molecule has 0 aliphatic carbocycles. The van der Waals surface area contributed by atoms with Crippen molar-refractivity contribution in [3.63, 3.8) is 0 Å². The van der Waals surface area contributed by atoms with Gasteiger partial charge in [0, 0.05) is 12.5 Å². The molecule has 0 amide bonds. The van der Waals surface area contributed by atoms with Crippen LogP contribution in [0.3, 0.4) is 0 Å². The fourth-order valence-electron chi connectivity index (χ4n) is 2.30. The van der Waals surface area contributed by atoms with Crippen molar-refractivity contribution in [3.05, 3.63) is 65.7 Å². The molecular weight excluding hydrogens is 314 g/mol. The molecule has 0 spiro atoms. The molecule has 0 saturated carbocycles. The Hall–Kier alpha value is -2.33. The maximum absolute atomic E-state index is 11.7. The first-order valence-corrected chi connectivity index (χ1v) is 8.74. The van der Waals surface area contributed by atoms with Crippen molar-refractivity contribution in [1.82, 2.24) is 0 Å². The number of carbonyl (C=O) groups excluding carboxylic acids is 1. The summed E-state index contributed by atoms with van der Waals surface area (Å²) in [4.78, 5) is 11.7. The average molecular weight is 341 g/mol. The van der Waals surface area contributed by atoms with E-state index >= 15 is 0 Å². The summed E-state index contributed by atoms with van der Waals surface area (Å²) in [5.74, 6) is 0.297. The van der Waals surface area contributed by atoms with Gasteiger partial charge in [-0.15, -0.1) is 0 Å². The average Bonchev–Trinajstić information content (AvgIpc) is 2.62. The molecular formula is C21H27NO3. The molecule has 0 heterocycles. The third-order valence-electron chi connectivity index (χ3n) is 4.14. The quantitative estimate of drug-likeness (QED) is 0.559. The van der Waals surface area contributed by atoms with E-state index in [-0.39, 0.29) is 17.9 Å². The van der Waals surface area contributed by atoms with Crippen molar-refractivity contribution >= 4 is 5.97 Å². The lowest BCUT2D eigenvalue weighted by atomic mass is 10.1. The predicted octanol–water partition coefficient (Wildman–Crippen LogP) is 3.57. The highest BCUT2D eigenvalue weighted by Gasteiger charge is 2.18. The molecule has 0 aliphatic heterocycles. The van der Waals surface area contributed by atoms with Crippen LogP contribution in [0, 0.1) is 5.92 Å². The van der Waals surface area contributed by atoms with Crippen LogP contribution < -0.4 is 10.5 Å². The highest BCUT2D eigenvalue weighted by atomic mass is 16.5. The van der Waals surface area contributed by atoms with Gasteiger partial charge in [-0.2, -0.15) is 0 Å². The van der Waals surface area contributed by atoms with E-state index < -0.39 is 0 Å². The van der Waals surface area contributed by atoms with Gasteiger partial charge in [-0.3, -0.25) is 4.79 Å². The summed E-state index contributed by atoms with van der Waals surface area (Å²) >= 11 is 0. The molecule has 2 aromatic carbocycles. The van der Waals surface area contributed by atoms with E-state index in [4.69, 9.17) is 15.2 Å². The first-order chi connectivity index (χ1) is 12.1. The first-order valence-electron chi connectivity index (χ1n) is 8.74. The largest absolute Gasteiger partial charge is 0.493 e. The smallest absolute Gasteiger partial charge is 0.310 e. The maximum Gasteiger partial charge on any atom is 0.310 e. The zero-order valence-electron chi connectivity index (χ0n) is 15.0. The zero-order valence-corrected chi connectivity index (χ0v) is 15.0. The second-order valence-electron chi connectivity index (χ2n) is 6.32. The van der Waals surface area contributed by atoms with E-state index in [0.29, 0.717) is 19.6 Å². The Labute approximate surface area is 150 Å². The zero-order chi connectivity index (χ0) is 18.1. The minimum Gasteiger partial charge on any atom is -0.493 e. The Balaban J connectivity index is 1.67. The fraction of sp³-hybridized carbons (Fsp3) is 0.381. The molecule has 0 aromatic heterocycles. The van der Waals surface area contributed by atoms with Crippen LogP contribution in [-0.2, 0) is 16.0 Å². The SMILES string of the molecule is CC(N)C(C)C(=O)OCCCOc1ccc(Cc2ccccc2)cc1. The van der Waals surface area contributed by atoms with Crippen molar-refractivity contribution in [2.45, 2.75) is 32.7 Å². The van der Waals surface area contributed by atoms with E-state index in [0.717, 1.165) is 12.2 Å². The lowest BCUT2D eigenvalue weighted by molar-refractivity contribution is -0.148. The molecule has 134 valence electrons. The second kappa shape index (κ2) is 9.84. The van der Waals surface area contributed by atoms with Crippen molar-refractivity contribution < 1.29 is 14.3 Å². The van der Waals surface area contributed by atoms with E-state index in [2.05, 4.69) is 36.4 Å². The molecule has 0 fully saturated rings. The molecule has 4 nitrogen and oxygen atoms in total. The van der Waals surface area contributed by atoms with Crippen LogP contribution in [0.5, 0.6) is 5.75 Å². The maximum atomic E-state index is 11.7. The lowest BCUT2D eigenvalue weighted by Crippen LogP contribution is -2.32. The Morgan fingerprint density at radius 2 is 1.60 bits per heavy atom. The highest BCUT2D eigenvalue weighted by molar-refractivity contribution is 5.72. The van der Waals surface area contributed by atoms with Crippen LogP contribution in [0.1, 0.15) is 31.4 Å². The van der Waals surface area contributed by atoms with Gasteiger partial charge >= 0.3 is 5.97 Å². The minimum atomic E-state index is -0.280. The van der Waals surface area contributed by atoms with Gasteiger partial charge in [0.2, 0.25) is 0 Å².